The number of benzene rings is 1. The van der Waals surface area contributed by atoms with E-state index in [1.807, 2.05) is 0 Å². The molecular weight excluding hydrogens is 364 g/mol. The maximum Gasteiger partial charge on any atom is 0.0139 e. The third kappa shape index (κ3) is 6.68. The molecule has 2 unspecified atom stereocenters. The number of rotatable bonds is 9. The van der Waals surface area contributed by atoms with Crippen molar-refractivity contribution in [2.75, 3.05) is 20.1 Å². The molecule has 1 fully saturated rings. The zero-order valence-electron chi connectivity index (χ0n) is 19.4. The van der Waals surface area contributed by atoms with Gasteiger partial charge in [-0.15, -0.1) is 0 Å². The lowest BCUT2D eigenvalue weighted by molar-refractivity contribution is 0.111. The number of nitrogens with zero attached hydrogens (tertiary/aromatic N) is 1. The van der Waals surface area contributed by atoms with Crippen molar-refractivity contribution in [2.24, 2.45) is 17.1 Å². The van der Waals surface area contributed by atoms with Crippen LogP contribution in [0.3, 0.4) is 0 Å². The van der Waals surface area contributed by atoms with E-state index in [0.717, 1.165) is 32.4 Å². The first-order valence-electron chi connectivity index (χ1n) is 12.0. The van der Waals surface area contributed by atoms with Gasteiger partial charge in [-0.1, -0.05) is 86.4 Å². The van der Waals surface area contributed by atoms with E-state index in [4.69, 9.17) is 5.73 Å². The zero-order valence-corrected chi connectivity index (χ0v) is 19.4. The second-order valence-corrected chi connectivity index (χ2v) is 10.0. The summed E-state index contributed by atoms with van der Waals surface area (Å²) in [5, 5.41) is 0. The van der Waals surface area contributed by atoms with Gasteiger partial charge in [-0.3, -0.25) is 0 Å². The van der Waals surface area contributed by atoms with E-state index in [9.17, 15) is 0 Å². The number of allylic oxidation sites excluding steroid dienone is 5. The molecule has 1 aromatic carbocycles. The quantitative estimate of drug-likeness (QED) is 0.521. The molecule has 30 heavy (non-hydrogen) atoms. The Kier molecular flexibility index (Phi) is 8.53. The zero-order chi connectivity index (χ0) is 21.4. The van der Waals surface area contributed by atoms with E-state index in [1.165, 1.54) is 43.2 Å². The first-order valence-corrected chi connectivity index (χ1v) is 12.0. The lowest BCUT2D eigenvalue weighted by Crippen LogP contribution is -2.42. The fourth-order valence-corrected chi connectivity index (χ4v) is 5.37. The van der Waals surface area contributed by atoms with Crippen molar-refractivity contribution in [1.82, 2.24) is 4.90 Å². The van der Waals surface area contributed by atoms with E-state index in [2.05, 4.69) is 80.4 Å². The topological polar surface area (TPSA) is 29.3 Å². The third-order valence-electron chi connectivity index (χ3n) is 7.11. The molecule has 1 saturated carbocycles. The Balaban J connectivity index is 1.75. The fraction of sp³-hybridized carbons (Fsp3) is 0.571. The Morgan fingerprint density at radius 3 is 2.43 bits per heavy atom. The maximum atomic E-state index is 6.10. The highest BCUT2D eigenvalue weighted by Gasteiger charge is 2.37. The lowest BCUT2D eigenvalue weighted by atomic mass is 9.64. The van der Waals surface area contributed by atoms with Crippen LogP contribution in [-0.2, 0) is 6.42 Å². The van der Waals surface area contributed by atoms with E-state index >= 15 is 0 Å². The normalized spacial score (nSPS) is 21.0. The Bertz CT molecular complexity index is 735. The summed E-state index contributed by atoms with van der Waals surface area (Å²) in [6, 6.07) is 11.1. The molecule has 2 atom stereocenters. The van der Waals surface area contributed by atoms with Gasteiger partial charge < -0.3 is 10.6 Å². The second-order valence-electron chi connectivity index (χ2n) is 10.0. The monoisotopic (exact) mass is 406 g/mol. The van der Waals surface area contributed by atoms with Gasteiger partial charge in [0, 0.05) is 25.0 Å². The number of nitrogens with two attached hydrogens (primary N) is 1. The Morgan fingerprint density at radius 1 is 1.00 bits per heavy atom. The van der Waals surface area contributed by atoms with Gasteiger partial charge in [0.15, 0.2) is 0 Å². The van der Waals surface area contributed by atoms with Crippen LogP contribution in [0.4, 0.5) is 0 Å². The number of aryl methyl sites for hydroxylation is 1. The highest BCUT2D eigenvalue weighted by Crippen LogP contribution is 2.46. The lowest BCUT2D eigenvalue weighted by Gasteiger charge is -2.43. The van der Waals surface area contributed by atoms with E-state index in [1.54, 1.807) is 5.57 Å². The molecule has 0 radical (unpaired) electrons. The van der Waals surface area contributed by atoms with Crippen molar-refractivity contribution in [3.63, 3.8) is 0 Å². The largest absolute Gasteiger partial charge is 0.327 e. The minimum atomic E-state index is 0.220. The Morgan fingerprint density at radius 2 is 1.73 bits per heavy atom. The molecular formula is C28H42N2. The van der Waals surface area contributed by atoms with Crippen LogP contribution in [0, 0.1) is 11.3 Å². The van der Waals surface area contributed by atoms with Gasteiger partial charge in [0.2, 0.25) is 0 Å². The molecule has 2 heteroatoms. The molecule has 0 saturated heterocycles. The van der Waals surface area contributed by atoms with Crippen LogP contribution in [0.2, 0.25) is 0 Å². The van der Waals surface area contributed by atoms with Crippen molar-refractivity contribution in [2.45, 2.75) is 71.3 Å². The molecule has 0 amide bonds. The Hall–Kier alpha value is -1.64. The molecule has 164 valence electrons. The number of hydrogen-bond acceptors (Lipinski definition) is 2. The molecule has 3 rings (SSSR count). The van der Waals surface area contributed by atoms with Crippen molar-refractivity contribution in [3.8, 4) is 0 Å². The molecule has 0 spiro atoms. The highest BCUT2D eigenvalue weighted by atomic mass is 15.1. The molecule has 0 aliphatic heterocycles. The van der Waals surface area contributed by atoms with Gasteiger partial charge in [0.05, 0.1) is 0 Å². The average molecular weight is 407 g/mol. The SMILES string of the molecule is CC(N)CN(C)CC(C1=CC=C(CCc2ccccc2)CC=C1)C1(C)CCCCC1. The summed E-state index contributed by atoms with van der Waals surface area (Å²) in [5.74, 6) is 0.572. The van der Waals surface area contributed by atoms with Gasteiger partial charge in [-0.05, 0) is 62.6 Å². The minimum Gasteiger partial charge on any atom is -0.327 e. The summed E-state index contributed by atoms with van der Waals surface area (Å²) in [7, 11) is 2.24. The first kappa shape index (κ1) is 23.0. The van der Waals surface area contributed by atoms with Crippen molar-refractivity contribution in [3.05, 3.63) is 71.3 Å². The minimum absolute atomic E-state index is 0.220. The summed E-state index contributed by atoms with van der Waals surface area (Å²) in [4.78, 5) is 2.45. The average Bonchev–Trinajstić information content (AvgIpc) is 2.97. The van der Waals surface area contributed by atoms with Crippen LogP contribution < -0.4 is 5.73 Å². The smallest absolute Gasteiger partial charge is 0.0139 e. The first-order chi connectivity index (χ1) is 14.5. The van der Waals surface area contributed by atoms with E-state index < -0.39 is 0 Å². The molecule has 2 aliphatic carbocycles. The van der Waals surface area contributed by atoms with Crippen LogP contribution in [0.15, 0.2) is 65.8 Å². The summed E-state index contributed by atoms with van der Waals surface area (Å²) in [5.41, 5.74) is 11.0. The van der Waals surface area contributed by atoms with Crippen molar-refractivity contribution in [1.29, 1.82) is 0 Å². The number of hydrogen-bond donors (Lipinski definition) is 1. The van der Waals surface area contributed by atoms with E-state index in [0.29, 0.717) is 11.3 Å². The Labute approximate surface area is 184 Å². The van der Waals surface area contributed by atoms with Crippen LogP contribution >= 0.6 is 0 Å². The molecule has 2 nitrogen and oxygen atoms in total. The van der Waals surface area contributed by atoms with Gasteiger partial charge in [0.1, 0.15) is 0 Å². The van der Waals surface area contributed by atoms with Crippen LogP contribution in [0.25, 0.3) is 0 Å². The molecule has 2 aliphatic rings. The fourth-order valence-electron chi connectivity index (χ4n) is 5.37. The highest BCUT2D eigenvalue weighted by molar-refractivity contribution is 5.34. The summed E-state index contributed by atoms with van der Waals surface area (Å²) in [6.45, 7) is 6.71. The molecule has 0 bridgehead atoms. The van der Waals surface area contributed by atoms with Crippen LogP contribution in [-0.4, -0.2) is 31.1 Å². The predicted octanol–water partition coefficient (Wildman–Crippen LogP) is 6.30. The summed E-state index contributed by atoms with van der Waals surface area (Å²) in [6.07, 6.45) is 19.9. The van der Waals surface area contributed by atoms with Gasteiger partial charge in [0.25, 0.3) is 0 Å². The maximum absolute atomic E-state index is 6.10. The molecule has 1 aromatic rings. The van der Waals surface area contributed by atoms with Gasteiger partial charge in [-0.25, -0.2) is 0 Å². The van der Waals surface area contributed by atoms with Crippen LogP contribution in [0.5, 0.6) is 0 Å². The second kappa shape index (κ2) is 11.1. The van der Waals surface area contributed by atoms with E-state index in [-0.39, 0.29) is 6.04 Å². The predicted molar refractivity (Wildman–Crippen MR) is 131 cm³/mol. The molecule has 0 aromatic heterocycles. The number of likely N-dealkylation sites (N-methyl/N-ethyl adjacent to an activating group) is 1. The standard InChI is InChI=1S/C28H42N2/c1-23(29)21-30(3)22-27(28(2)19-8-5-9-20-28)26-14-10-13-25(17-18-26)16-15-24-11-6-4-7-12-24/h4,6-7,10-12,14,17-18,23,27H,5,8-9,13,15-16,19-22,29H2,1-3H3. The molecule has 0 heterocycles. The van der Waals surface area contributed by atoms with Crippen LogP contribution in [0.1, 0.15) is 64.4 Å². The summed E-state index contributed by atoms with van der Waals surface area (Å²) >= 11 is 0. The third-order valence-corrected chi connectivity index (χ3v) is 7.11. The van der Waals surface area contributed by atoms with Crippen molar-refractivity contribution >= 4 is 0 Å². The summed E-state index contributed by atoms with van der Waals surface area (Å²) < 4.78 is 0. The van der Waals surface area contributed by atoms with Gasteiger partial charge >= 0.3 is 0 Å². The van der Waals surface area contributed by atoms with Crippen molar-refractivity contribution < 1.29 is 0 Å². The van der Waals surface area contributed by atoms with Gasteiger partial charge in [-0.2, -0.15) is 0 Å². The molecule has 2 N–H and O–H groups in total.